The molecule has 2 N–H and O–H groups in total. The number of hydrogen-bond donors (Lipinski definition) is 2. The van der Waals surface area contributed by atoms with Gasteiger partial charge in [0.15, 0.2) is 0 Å². The van der Waals surface area contributed by atoms with Crippen LogP contribution in [0.5, 0.6) is 0 Å². The van der Waals surface area contributed by atoms with Crippen LogP contribution in [-0.2, 0) is 0 Å². The van der Waals surface area contributed by atoms with Gasteiger partial charge < -0.3 is 10.6 Å². The highest BCUT2D eigenvalue weighted by molar-refractivity contribution is 4.71. The summed E-state index contributed by atoms with van der Waals surface area (Å²) in [6.07, 6.45) is 2.48. The Balaban J connectivity index is 3.36. The summed E-state index contributed by atoms with van der Waals surface area (Å²) in [6, 6.07) is 0. The van der Waals surface area contributed by atoms with Gasteiger partial charge in [0.2, 0.25) is 0 Å². The van der Waals surface area contributed by atoms with E-state index in [4.69, 9.17) is 0 Å². The van der Waals surface area contributed by atoms with Gasteiger partial charge in [0.1, 0.15) is 0 Å². The second-order valence-electron chi connectivity index (χ2n) is 7.34. The lowest BCUT2D eigenvalue weighted by molar-refractivity contribution is 0.245. The molecule has 1 unspecified atom stereocenters. The van der Waals surface area contributed by atoms with Crippen LogP contribution in [-0.4, -0.2) is 25.2 Å². The van der Waals surface area contributed by atoms with Crippen LogP contribution in [0.4, 0.5) is 0 Å². The standard InChI is InChI=1S/C15H34N2/c1-13(14(2,3)4)9-12-16-10-8-11-17-15(5,6)7/h13,16-17H,8-12H2,1-7H3. The summed E-state index contributed by atoms with van der Waals surface area (Å²) in [4.78, 5) is 0. The highest BCUT2D eigenvalue weighted by atomic mass is 14.9. The largest absolute Gasteiger partial charge is 0.317 e. The van der Waals surface area contributed by atoms with Gasteiger partial charge >= 0.3 is 0 Å². The minimum atomic E-state index is 0.251. The van der Waals surface area contributed by atoms with Crippen molar-refractivity contribution in [2.75, 3.05) is 19.6 Å². The third-order valence-electron chi connectivity index (χ3n) is 3.42. The number of hydrogen-bond acceptors (Lipinski definition) is 2. The van der Waals surface area contributed by atoms with Crippen molar-refractivity contribution in [3.63, 3.8) is 0 Å². The number of rotatable bonds is 7. The van der Waals surface area contributed by atoms with Crippen molar-refractivity contribution >= 4 is 0 Å². The van der Waals surface area contributed by atoms with E-state index >= 15 is 0 Å². The van der Waals surface area contributed by atoms with Crippen LogP contribution in [0.3, 0.4) is 0 Å². The lowest BCUT2D eigenvalue weighted by atomic mass is 9.80. The Morgan fingerprint density at radius 3 is 1.94 bits per heavy atom. The molecule has 0 heterocycles. The highest BCUT2D eigenvalue weighted by Gasteiger charge is 2.18. The maximum absolute atomic E-state index is 3.53. The molecule has 0 radical (unpaired) electrons. The van der Waals surface area contributed by atoms with E-state index in [0.717, 1.165) is 25.6 Å². The van der Waals surface area contributed by atoms with Gasteiger partial charge in [-0.2, -0.15) is 0 Å². The molecule has 0 aliphatic heterocycles. The molecule has 2 nitrogen and oxygen atoms in total. The van der Waals surface area contributed by atoms with Crippen molar-refractivity contribution in [3.05, 3.63) is 0 Å². The average Bonchev–Trinajstić information content (AvgIpc) is 2.12. The highest BCUT2D eigenvalue weighted by Crippen LogP contribution is 2.27. The molecule has 0 aromatic carbocycles. The first kappa shape index (κ1) is 16.9. The fraction of sp³-hybridized carbons (Fsp3) is 1.00. The lowest BCUT2D eigenvalue weighted by Crippen LogP contribution is -2.37. The van der Waals surface area contributed by atoms with Gasteiger partial charge in [0.25, 0.3) is 0 Å². The first-order chi connectivity index (χ1) is 7.63. The van der Waals surface area contributed by atoms with Crippen molar-refractivity contribution in [3.8, 4) is 0 Å². The fourth-order valence-electron chi connectivity index (χ4n) is 1.55. The molecule has 0 bridgehead atoms. The van der Waals surface area contributed by atoms with Crippen molar-refractivity contribution in [2.24, 2.45) is 11.3 Å². The Morgan fingerprint density at radius 1 is 0.882 bits per heavy atom. The van der Waals surface area contributed by atoms with E-state index in [1.807, 2.05) is 0 Å². The summed E-state index contributed by atoms with van der Waals surface area (Å²) in [5.74, 6) is 0.780. The van der Waals surface area contributed by atoms with E-state index in [9.17, 15) is 0 Å². The van der Waals surface area contributed by atoms with Crippen LogP contribution in [0.2, 0.25) is 0 Å². The molecule has 0 rings (SSSR count). The monoisotopic (exact) mass is 242 g/mol. The molecule has 0 aliphatic rings. The molecule has 17 heavy (non-hydrogen) atoms. The minimum absolute atomic E-state index is 0.251. The minimum Gasteiger partial charge on any atom is -0.317 e. The Kier molecular flexibility index (Phi) is 7.34. The van der Waals surface area contributed by atoms with Crippen LogP contribution >= 0.6 is 0 Å². The maximum atomic E-state index is 3.53. The molecular formula is C15H34N2. The van der Waals surface area contributed by atoms with Crippen molar-refractivity contribution in [1.29, 1.82) is 0 Å². The van der Waals surface area contributed by atoms with E-state index in [0.29, 0.717) is 5.41 Å². The Labute approximate surface area is 109 Å². The van der Waals surface area contributed by atoms with Crippen molar-refractivity contribution in [2.45, 2.75) is 66.8 Å². The summed E-state index contributed by atoms with van der Waals surface area (Å²) in [5.41, 5.74) is 0.691. The predicted molar refractivity (Wildman–Crippen MR) is 78.5 cm³/mol. The zero-order valence-electron chi connectivity index (χ0n) is 13.1. The topological polar surface area (TPSA) is 24.1 Å². The normalized spacial score (nSPS) is 15.0. The smallest absolute Gasteiger partial charge is 0.00965 e. The van der Waals surface area contributed by atoms with Crippen LogP contribution < -0.4 is 10.6 Å². The van der Waals surface area contributed by atoms with E-state index < -0.39 is 0 Å². The van der Waals surface area contributed by atoms with E-state index in [2.05, 4.69) is 59.1 Å². The van der Waals surface area contributed by atoms with Gasteiger partial charge in [-0.25, -0.2) is 0 Å². The van der Waals surface area contributed by atoms with Gasteiger partial charge in [0, 0.05) is 5.54 Å². The zero-order valence-corrected chi connectivity index (χ0v) is 13.1. The van der Waals surface area contributed by atoms with Gasteiger partial charge in [-0.05, 0) is 64.6 Å². The van der Waals surface area contributed by atoms with Crippen LogP contribution in [0.1, 0.15) is 61.3 Å². The summed E-state index contributed by atoms with van der Waals surface area (Å²) >= 11 is 0. The molecule has 1 atom stereocenters. The molecule has 0 aliphatic carbocycles. The van der Waals surface area contributed by atoms with Gasteiger partial charge in [-0.1, -0.05) is 27.7 Å². The zero-order chi connectivity index (χ0) is 13.5. The molecule has 0 amide bonds. The molecule has 0 spiro atoms. The molecule has 2 heteroatoms. The Bertz CT molecular complexity index is 186. The summed E-state index contributed by atoms with van der Waals surface area (Å²) in [5, 5.41) is 7.04. The second kappa shape index (κ2) is 7.38. The molecule has 0 saturated carbocycles. The molecule has 104 valence electrons. The molecule has 0 aromatic heterocycles. The van der Waals surface area contributed by atoms with Gasteiger partial charge in [-0.3, -0.25) is 0 Å². The van der Waals surface area contributed by atoms with Crippen LogP contribution in [0.15, 0.2) is 0 Å². The van der Waals surface area contributed by atoms with E-state index in [1.54, 1.807) is 0 Å². The summed E-state index contributed by atoms with van der Waals surface area (Å²) in [7, 11) is 0. The fourth-order valence-corrected chi connectivity index (χ4v) is 1.55. The first-order valence-electron chi connectivity index (χ1n) is 7.08. The molecule has 0 aromatic rings. The number of nitrogens with one attached hydrogen (secondary N) is 2. The van der Waals surface area contributed by atoms with Gasteiger partial charge in [-0.15, -0.1) is 0 Å². The van der Waals surface area contributed by atoms with Crippen LogP contribution in [0, 0.1) is 11.3 Å². The molecule has 0 saturated heterocycles. The lowest BCUT2D eigenvalue weighted by Gasteiger charge is -2.27. The quantitative estimate of drug-likeness (QED) is 0.668. The third-order valence-corrected chi connectivity index (χ3v) is 3.42. The predicted octanol–water partition coefficient (Wildman–Crippen LogP) is 3.43. The Morgan fingerprint density at radius 2 is 1.47 bits per heavy atom. The SMILES string of the molecule is CC(CCNCCCNC(C)(C)C)C(C)(C)C. The Hall–Kier alpha value is -0.0800. The van der Waals surface area contributed by atoms with Gasteiger partial charge in [0.05, 0.1) is 0 Å². The molecule has 0 fully saturated rings. The van der Waals surface area contributed by atoms with Crippen molar-refractivity contribution < 1.29 is 0 Å². The average molecular weight is 242 g/mol. The second-order valence-corrected chi connectivity index (χ2v) is 7.34. The van der Waals surface area contributed by atoms with Crippen LogP contribution in [0.25, 0.3) is 0 Å². The maximum Gasteiger partial charge on any atom is 0.00965 e. The first-order valence-corrected chi connectivity index (χ1v) is 7.08. The van der Waals surface area contributed by atoms with E-state index in [1.165, 1.54) is 12.8 Å². The van der Waals surface area contributed by atoms with Crippen molar-refractivity contribution in [1.82, 2.24) is 10.6 Å². The molecular weight excluding hydrogens is 208 g/mol. The van der Waals surface area contributed by atoms with E-state index in [-0.39, 0.29) is 5.54 Å². The summed E-state index contributed by atoms with van der Waals surface area (Å²) < 4.78 is 0. The third kappa shape index (κ3) is 10.8. The summed E-state index contributed by atoms with van der Waals surface area (Å²) in [6.45, 7) is 19.3.